The number of nitrogens with zero attached hydrogens (tertiary/aromatic N) is 4. The monoisotopic (exact) mass is 188 g/mol. The topological polar surface area (TPSA) is 56.2 Å². The molecule has 0 spiro atoms. The molecule has 0 aliphatic carbocycles. The predicted molar refractivity (Wildman–Crippen MR) is 51.7 cm³/mol. The predicted octanol–water partition coefficient (Wildman–Crippen LogP) is 1.42. The maximum atomic E-state index is 5.09. The molecule has 2 heterocycles. The van der Waals surface area contributed by atoms with E-state index >= 15 is 0 Å². The molecule has 0 saturated carbocycles. The van der Waals surface area contributed by atoms with Crippen molar-refractivity contribution in [2.75, 3.05) is 0 Å². The summed E-state index contributed by atoms with van der Waals surface area (Å²) in [6.07, 6.45) is 9.86. The van der Waals surface area contributed by atoms with Crippen LogP contribution >= 0.6 is 0 Å². The molecule has 0 aliphatic heterocycles. The molecule has 0 atom stereocenters. The van der Waals surface area contributed by atoms with E-state index in [-0.39, 0.29) is 0 Å². The molecule has 0 aromatic carbocycles. The largest absolute Gasteiger partial charge is 0.465 e. The molecule has 14 heavy (non-hydrogen) atoms. The quantitative estimate of drug-likeness (QED) is 0.684. The first kappa shape index (κ1) is 8.43. The average Bonchev–Trinajstić information content (AvgIpc) is 2.86. The fourth-order valence-corrected chi connectivity index (χ4v) is 0.894. The zero-order valence-corrected chi connectivity index (χ0v) is 7.32. The Balaban J connectivity index is 1.94. The first-order chi connectivity index (χ1) is 6.95. The summed E-state index contributed by atoms with van der Waals surface area (Å²) < 4.78 is 6.60. The third-order valence-electron chi connectivity index (χ3n) is 1.50. The van der Waals surface area contributed by atoms with E-state index in [2.05, 4.69) is 15.3 Å². The molecule has 0 amide bonds. The minimum atomic E-state index is 0.792. The van der Waals surface area contributed by atoms with Gasteiger partial charge in [0.05, 0.1) is 6.26 Å². The second-order valence-electron chi connectivity index (χ2n) is 2.48. The number of rotatable bonds is 3. The molecular weight excluding hydrogens is 180 g/mol. The highest BCUT2D eigenvalue weighted by molar-refractivity contribution is 5.77. The van der Waals surface area contributed by atoms with Crippen molar-refractivity contribution in [2.45, 2.75) is 0 Å². The number of aromatic nitrogens is 3. The standard InChI is InChI=1S/C9H8N4O/c1(3-9-4-2-6-14-9)5-12-13-7-10-11-8-13/h1-8H/b3-1+,12-5-. The van der Waals surface area contributed by atoms with E-state index < -0.39 is 0 Å². The lowest BCUT2D eigenvalue weighted by Crippen LogP contribution is -1.81. The van der Waals surface area contributed by atoms with Crippen LogP contribution in [0.1, 0.15) is 5.76 Å². The van der Waals surface area contributed by atoms with Gasteiger partial charge in [-0.25, -0.2) is 4.68 Å². The second-order valence-corrected chi connectivity index (χ2v) is 2.48. The van der Waals surface area contributed by atoms with E-state index in [0.717, 1.165) is 5.76 Å². The highest BCUT2D eigenvalue weighted by atomic mass is 16.3. The fraction of sp³-hybridized carbons (Fsp3) is 0. The number of hydrogen-bond donors (Lipinski definition) is 0. The zero-order valence-electron chi connectivity index (χ0n) is 7.32. The van der Waals surface area contributed by atoms with Crippen LogP contribution in [-0.4, -0.2) is 21.1 Å². The molecule has 2 rings (SSSR count). The second kappa shape index (κ2) is 4.18. The van der Waals surface area contributed by atoms with E-state index in [9.17, 15) is 0 Å². The zero-order chi connectivity index (χ0) is 9.64. The van der Waals surface area contributed by atoms with Gasteiger partial charge in [-0.15, -0.1) is 10.2 Å². The van der Waals surface area contributed by atoms with Gasteiger partial charge in [0.25, 0.3) is 0 Å². The van der Waals surface area contributed by atoms with E-state index in [4.69, 9.17) is 4.42 Å². The molecule has 0 unspecified atom stereocenters. The van der Waals surface area contributed by atoms with Crippen molar-refractivity contribution < 1.29 is 4.42 Å². The molecule has 70 valence electrons. The maximum Gasteiger partial charge on any atom is 0.141 e. The Morgan fingerprint density at radius 1 is 1.36 bits per heavy atom. The highest BCUT2D eigenvalue weighted by Crippen LogP contribution is 2.00. The molecule has 0 fully saturated rings. The molecule has 5 heteroatoms. The van der Waals surface area contributed by atoms with Crippen molar-refractivity contribution in [1.29, 1.82) is 0 Å². The molecule has 0 aliphatic rings. The highest BCUT2D eigenvalue weighted by Gasteiger charge is 1.84. The third-order valence-corrected chi connectivity index (χ3v) is 1.50. The van der Waals surface area contributed by atoms with Crippen molar-refractivity contribution in [2.24, 2.45) is 5.10 Å². The molecule has 5 nitrogen and oxygen atoms in total. The Bertz CT molecular complexity index is 371. The van der Waals surface area contributed by atoms with Crippen LogP contribution in [0.3, 0.4) is 0 Å². The number of allylic oxidation sites excluding steroid dienone is 1. The van der Waals surface area contributed by atoms with Crippen LogP contribution in [0.5, 0.6) is 0 Å². The fourth-order valence-electron chi connectivity index (χ4n) is 0.894. The average molecular weight is 188 g/mol. The van der Waals surface area contributed by atoms with Gasteiger partial charge in [0.2, 0.25) is 0 Å². The first-order valence-electron chi connectivity index (χ1n) is 4.04. The SMILES string of the molecule is C(/C=C/c1ccco1)=N/n1cnnc1. The summed E-state index contributed by atoms with van der Waals surface area (Å²) in [5, 5.41) is 11.2. The van der Waals surface area contributed by atoms with Gasteiger partial charge >= 0.3 is 0 Å². The maximum absolute atomic E-state index is 5.09. The molecule has 0 bridgehead atoms. The van der Waals surface area contributed by atoms with Gasteiger partial charge in [0.15, 0.2) is 0 Å². The van der Waals surface area contributed by atoms with Crippen LogP contribution < -0.4 is 0 Å². The Hall–Kier alpha value is -2.17. The Labute approximate surface area is 80.4 Å². The Morgan fingerprint density at radius 3 is 2.93 bits per heavy atom. The molecule has 0 N–H and O–H groups in total. The van der Waals surface area contributed by atoms with Crippen molar-refractivity contribution in [3.05, 3.63) is 42.9 Å². The lowest BCUT2D eigenvalue weighted by atomic mass is 10.4. The van der Waals surface area contributed by atoms with Gasteiger partial charge in [-0.3, -0.25) is 0 Å². The molecule has 0 saturated heterocycles. The van der Waals surface area contributed by atoms with Crippen molar-refractivity contribution >= 4 is 12.3 Å². The van der Waals surface area contributed by atoms with Gasteiger partial charge < -0.3 is 4.42 Å². The van der Waals surface area contributed by atoms with Gasteiger partial charge in [-0.2, -0.15) is 5.10 Å². The lowest BCUT2D eigenvalue weighted by Gasteiger charge is -1.84. The van der Waals surface area contributed by atoms with Gasteiger partial charge in [0, 0.05) is 6.21 Å². The van der Waals surface area contributed by atoms with Crippen molar-refractivity contribution in [3.8, 4) is 0 Å². The number of furan rings is 1. The van der Waals surface area contributed by atoms with E-state index in [0.29, 0.717) is 0 Å². The van der Waals surface area contributed by atoms with Crippen LogP contribution in [0.25, 0.3) is 6.08 Å². The van der Waals surface area contributed by atoms with Crippen LogP contribution in [0.2, 0.25) is 0 Å². The summed E-state index contributed by atoms with van der Waals surface area (Å²) in [4.78, 5) is 0. The van der Waals surface area contributed by atoms with Crippen LogP contribution in [0.15, 0.2) is 46.6 Å². The normalized spacial score (nSPS) is 11.7. The summed E-state index contributed by atoms with van der Waals surface area (Å²) >= 11 is 0. The van der Waals surface area contributed by atoms with Gasteiger partial charge in [0.1, 0.15) is 18.4 Å². The van der Waals surface area contributed by atoms with Crippen molar-refractivity contribution in [1.82, 2.24) is 14.9 Å². The van der Waals surface area contributed by atoms with Crippen LogP contribution in [-0.2, 0) is 0 Å². The first-order valence-corrected chi connectivity index (χ1v) is 4.04. The van der Waals surface area contributed by atoms with Crippen LogP contribution in [0, 0.1) is 0 Å². The van der Waals surface area contributed by atoms with Gasteiger partial charge in [-0.1, -0.05) is 0 Å². The number of hydrogen-bond acceptors (Lipinski definition) is 4. The van der Waals surface area contributed by atoms with Crippen LogP contribution in [0.4, 0.5) is 0 Å². The Kier molecular flexibility index (Phi) is 2.51. The minimum absolute atomic E-state index is 0.792. The summed E-state index contributed by atoms with van der Waals surface area (Å²) in [5.74, 6) is 0.792. The summed E-state index contributed by atoms with van der Waals surface area (Å²) in [6.45, 7) is 0. The summed E-state index contributed by atoms with van der Waals surface area (Å²) in [5.41, 5.74) is 0. The lowest BCUT2D eigenvalue weighted by molar-refractivity contribution is 0.557. The molecule has 2 aromatic rings. The molecule has 2 aromatic heterocycles. The third kappa shape index (κ3) is 2.16. The van der Waals surface area contributed by atoms with E-state index in [1.54, 1.807) is 18.6 Å². The summed E-state index contributed by atoms with van der Waals surface area (Å²) in [6, 6.07) is 3.69. The van der Waals surface area contributed by atoms with E-state index in [1.165, 1.54) is 17.3 Å². The van der Waals surface area contributed by atoms with E-state index in [1.807, 2.05) is 18.2 Å². The molecular formula is C9H8N4O. The Morgan fingerprint density at radius 2 is 2.21 bits per heavy atom. The molecule has 0 radical (unpaired) electrons. The van der Waals surface area contributed by atoms with Crippen molar-refractivity contribution in [3.63, 3.8) is 0 Å². The minimum Gasteiger partial charge on any atom is -0.465 e. The van der Waals surface area contributed by atoms with Gasteiger partial charge in [-0.05, 0) is 24.3 Å². The summed E-state index contributed by atoms with van der Waals surface area (Å²) in [7, 11) is 0. The smallest absolute Gasteiger partial charge is 0.141 e.